The first-order chi connectivity index (χ1) is 13.8. The van der Waals surface area contributed by atoms with E-state index in [2.05, 4.69) is 20.2 Å². The van der Waals surface area contributed by atoms with Crippen LogP contribution >= 0.6 is 0 Å². The molecule has 7 heteroatoms. The van der Waals surface area contributed by atoms with Crippen molar-refractivity contribution in [3.8, 4) is 0 Å². The molecule has 1 aromatic heterocycles. The fourth-order valence-corrected chi connectivity index (χ4v) is 4.28. The first kappa shape index (κ1) is 18.8. The van der Waals surface area contributed by atoms with Crippen molar-refractivity contribution in [2.24, 2.45) is 5.73 Å². The quantitative estimate of drug-likeness (QED) is 0.606. The number of aromatic nitrogens is 2. The van der Waals surface area contributed by atoms with Crippen LogP contribution in [0.5, 0.6) is 0 Å². The van der Waals surface area contributed by atoms with Crippen molar-refractivity contribution in [3.63, 3.8) is 0 Å². The average Bonchev–Trinajstić information content (AvgIpc) is 2.76. The molecule has 0 bridgehead atoms. The lowest BCUT2D eigenvalue weighted by atomic mass is 9.90. The van der Waals surface area contributed by atoms with Crippen LogP contribution in [-0.4, -0.2) is 59.5 Å². The van der Waals surface area contributed by atoms with Crippen molar-refractivity contribution in [2.75, 3.05) is 31.6 Å². The number of carbonyl (C=O) groups excluding carboxylic acids is 1. The lowest BCUT2D eigenvalue weighted by Crippen LogP contribution is -2.46. The van der Waals surface area contributed by atoms with E-state index in [-0.39, 0.29) is 0 Å². The smallest absolute Gasteiger partial charge is 0.152 e. The minimum Gasteiger partial charge on any atom is -0.404 e. The first-order valence-corrected chi connectivity index (χ1v) is 9.99. The van der Waals surface area contributed by atoms with E-state index in [4.69, 9.17) is 10.5 Å². The Balaban J connectivity index is 1.47. The molecular weight excluding hydrogens is 354 g/mol. The molecule has 1 saturated carbocycles. The Hall–Kier alpha value is -2.51. The van der Waals surface area contributed by atoms with Gasteiger partial charge in [-0.05, 0) is 43.4 Å². The lowest BCUT2D eigenvalue weighted by Gasteiger charge is -2.39. The highest BCUT2D eigenvalue weighted by molar-refractivity contribution is 6.08. The molecule has 3 N–H and O–H groups in total. The molecule has 4 rings (SSSR count). The number of ether oxygens (including phenoxy) is 1. The zero-order chi connectivity index (χ0) is 19.3. The summed E-state index contributed by atoms with van der Waals surface area (Å²) in [4.78, 5) is 22.6. The molecule has 0 radical (unpaired) electrons. The van der Waals surface area contributed by atoms with Crippen molar-refractivity contribution in [1.82, 2.24) is 14.9 Å². The first-order valence-electron chi connectivity index (χ1n) is 9.99. The summed E-state index contributed by atoms with van der Waals surface area (Å²) in [7, 11) is 0. The summed E-state index contributed by atoms with van der Waals surface area (Å²) in [5, 5.41) is 4.53. The largest absolute Gasteiger partial charge is 0.404 e. The number of morpholine rings is 1. The number of benzene rings is 1. The van der Waals surface area contributed by atoms with E-state index < -0.39 is 0 Å². The maximum atomic E-state index is 11.2. The second-order valence-corrected chi connectivity index (χ2v) is 7.49. The number of hydrogen-bond acceptors (Lipinski definition) is 7. The summed E-state index contributed by atoms with van der Waals surface area (Å²) >= 11 is 0. The molecule has 0 unspecified atom stereocenters. The van der Waals surface area contributed by atoms with Crippen LogP contribution in [0, 0.1) is 0 Å². The maximum Gasteiger partial charge on any atom is 0.152 e. The highest BCUT2D eigenvalue weighted by Gasteiger charge is 2.27. The Morgan fingerprint density at radius 1 is 1.18 bits per heavy atom. The predicted molar refractivity (Wildman–Crippen MR) is 110 cm³/mol. The molecule has 1 aromatic carbocycles. The summed E-state index contributed by atoms with van der Waals surface area (Å²) in [6.45, 7) is 3.81. The molecule has 0 spiro atoms. The third kappa shape index (κ3) is 4.00. The molecule has 2 aromatic rings. The number of nitrogens with one attached hydrogen (secondary N) is 1. The molecule has 0 atom stereocenters. The Morgan fingerprint density at radius 3 is 2.68 bits per heavy atom. The van der Waals surface area contributed by atoms with Crippen molar-refractivity contribution in [2.45, 2.75) is 37.8 Å². The minimum atomic E-state index is 0.398. The van der Waals surface area contributed by atoms with Crippen LogP contribution < -0.4 is 11.1 Å². The van der Waals surface area contributed by atoms with Crippen molar-refractivity contribution in [3.05, 3.63) is 36.3 Å². The Bertz CT molecular complexity index is 855. The number of anilines is 1. The van der Waals surface area contributed by atoms with Gasteiger partial charge in [-0.2, -0.15) is 0 Å². The molecule has 0 amide bonds. The number of aldehydes is 1. The molecule has 1 aliphatic carbocycles. The van der Waals surface area contributed by atoms with Gasteiger partial charge in [-0.1, -0.05) is 6.07 Å². The average molecular weight is 381 g/mol. The van der Waals surface area contributed by atoms with Gasteiger partial charge in [0.25, 0.3) is 0 Å². The lowest BCUT2D eigenvalue weighted by molar-refractivity contribution is -0.103. The van der Waals surface area contributed by atoms with Crippen LogP contribution in [-0.2, 0) is 9.53 Å². The number of allylic oxidation sites excluding steroid dienone is 1. The standard InChI is InChI=1S/C21H27N5O2/c22-12-16(13-27)15-1-6-20-19(11-15)21(24-14-23-20)25-17-2-4-18(5-3-17)26-7-9-28-10-8-26/h1,6,11-14,17-18H,2-5,7-10,22H2,(H,23,24,25)/b16-12+. The van der Waals surface area contributed by atoms with Gasteiger partial charge >= 0.3 is 0 Å². The van der Waals surface area contributed by atoms with Gasteiger partial charge in [-0.3, -0.25) is 9.69 Å². The van der Waals surface area contributed by atoms with Crippen molar-refractivity contribution in [1.29, 1.82) is 0 Å². The predicted octanol–water partition coefficient (Wildman–Crippen LogP) is 2.18. The Labute approximate surface area is 165 Å². The molecule has 7 nitrogen and oxygen atoms in total. The number of rotatable bonds is 5. The van der Waals surface area contributed by atoms with Gasteiger partial charge in [0.1, 0.15) is 12.1 Å². The van der Waals surface area contributed by atoms with Crippen molar-refractivity contribution < 1.29 is 9.53 Å². The summed E-state index contributed by atoms with van der Waals surface area (Å²) < 4.78 is 5.47. The van der Waals surface area contributed by atoms with E-state index in [9.17, 15) is 4.79 Å². The normalized spacial score (nSPS) is 24.2. The zero-order valence-corrected chi connectivity index (χ0v) is 16.0. The van der Waals surface area contributed by atoms with Crippen LogP contribution in [0.2, 0.25) is 0 Å². The summed E-state index contributed by atoms with van der Waals surface area (Å²) in [6.07, 6.45) is 8.31. The maximum absolute atomic E-state index is 11.2. The highest BCUT2D eigenvalue weighted by atomic mass is 16.5. The van der Waals surface area contributed by atoms with Crippen LogP contribution in [0.25, 0.3) is 16.5 Å². The van der Waals surface area contributed by atoms with E-state index in [0.717, 1.165) is 67.7 Å². The summed E-state index contributed by atoms with van der Waals surface area (Å²) in [5.41, 5.74) is 7.66. The third-order valence-electron chi connectivity index (χ3n) is 5.87. The number of carbonyl (C=O) groups is 1. The van der Waals surface area contributed by atoms with Gasteiger partial charge < -0.3 is 15.8 Å². The van der Waals surface area contributed by atoms with Crippen LogP contribution in [0.3, 0.4) is 0 Å². The molecule has 2 heterocycles. The van der Waals surface area contributed by atoms with E-state index in [1.54, 1.807) is 6.33 Å². The SMILES string of the molecule is N/C=C(\C=O)c1ccc2ncnc(NC3CCC(N4CCOCC4)CC3)c2c1. The van der Waals surface area contributed by atoms with Crippen LogP contribution in [0.1, 0.15) is 31.2 Å². The van der Waals surface area contributed by atoms with Crippen molar-refractivity contribution >= 4 is 28.6 Å². The molecule has 2 fully saturated rings. The third-order valence-corrected chi connectivity index (χ3v) is 5.87. The Morgan fingerprint density at radius 2 is 1.96 bits per heavy atom. The minimum absolute atomic E-state index is 0.398. The van der Waals surface area contributed by atoms with E-state index in [1.165, 1.54) is 19.0 Å². The van der Waals surface area contributed by atoms with Gasteiger partial charge in [0.05, 0.1) is 18.7 Å². The fraction of sp³-hybridized carbons (Fsp3) is 0.476. The summed E-state index contributed by atoms with van der Waals surface area (Å²) in [5.74, 6) is 0.823. The van der Waals surface area contributed by atoms with Gasteiger partial charge in [0.2, 0.25) is 0 Å². The topological polar surface area (TPSA) is 93.4 Å². The van der Waals surface area contributed by atoms with E-state index in [0.29, 0.717) is 17.7 Å². The monoisotopic (exact) mass is 381 g/mol. The van der Waals surface area contributed by atoms with Gasteiger partial charge in [0.15, 0.2) is 6.29 Å². The highest BCUT2D eigenvalue weighted by Crippen LogP contribution is 2.29. The van der Waals surface area contributed by atoms with Gasteiger partial charge in [-0.15, -0.1) is 0 Å². The van der Waals surface area contributed by atoms with E-state index in [1.807, 2.05) is 18.2 Å². The second-order valence-electron chi connectivity index (χ2n) is 7.49. The molecular formula is C21H27N5O2. The van der Waals surface area contributed by atoms with Crippen LogP contribution in [0.4, 0.5) is 5.82 Å². The number of hydrogen-bond donors (Lipinski definition) is 2. The van der Waals surface area contributed by atoms with Gasteiger partial charge in [0, 0.05) is 42.3 Å². The number of nitrogens with zero attached hydrogens (tertiary/aromatic N) is 3. The fourth-order valence-electron chi connectivity index (χ4n) is 4.28. The second kappa shape index (κ2) is 8.67. The Kier molecular flexibility index (Phi) is 5.83. The van der Waals surface area contributed by atoms with Gasteiger partial charge in [-0.25, -0.2) is 9.97 Å². The molecule has 28 heavy (non-hydrogen) atoms. The molecule has 148 valence electrons. The molecule has 1 saturated heterocycles. The van der Waals surface area contributed by atoms with E-state index >= 15 is 0 Å². The summed E-state index contributed by atoms with van der Waals surface area (Å²) in [6, 6.07) is 6.76. The van der Waals surface area contributed by atoms with Crippen LogP contribution in [0.15, 0.2) is 30.7 Å². The molecule has 2 aliphatic rings. The molecule has 1 aliphatic heterocycles. The zero-order valence-electron chi connectivity index (χ0n) is 16.0. The number of fused-ring (bicyclic) bond motifs is 1. The number of nitrogens with two attached hydrogens (primary N) is 1.